The van der Waals surface area contributed by atoms with Crippen molar-refractivity contribution >= 4 is 0 Å². The van der Waals surface area contributed by atoms with Crippen LogP contribution in [-0.4, -0.2) is 73.9 Å². The Morgan fingerprint density at radius 3 is 2.29 bits per heavy atom. The fourth-order valence-corrected chi connectivity index (χ4v) is 2.05. The molecule has 2 unspecified atom stereocenters. The van der Waals surface area contributed by atoms with Gasteiger partial charge in [-0.2, -0.15) is 0 Å². The summed E-state index contributed by atoms with van der Waals surface area (Å²) in [5.74, 6) is 0. The molecule has 0 fully saturated rings. The first-order chi connectivity index (χ1) is 8.01. The van der Waals surface area contributed by atoms with Crippen LogP contribution in [0.4, 0.5) is 0 Å². The van der Waals surface area contributed by atoms with Gasteiger partial charge >= 0.3 is 0 Å². The van der Waals surface area contributed by atoms with E-state index in [4.69, 9.17) is 0 Å². The monoisotopic (exact) mass is 245 g/mol. The third kappa shape index (κ3) is 8.55. The van der Waals surface area contributed by atoms with Crippen molar-refractivity contribution < 1.29 is 5.11 Å². The van der Waals surface area contributed by atoms with Crippen molar-refractivity contribution in [2.75, 3.05) is 46.8 Å². The van der Waals surface area contributed by atoms with E-state index in [0.29, 0.717) is 12.6 Å². The standard InChI is InChI=1S/C13H31N3O/c1-6-8-14-9-13(17)11-16(7-2)12(3)10-15(4)5/h12-14,17H,6-11H2,1-5H3. The number of nitrogens with one attached hydrogen (secondary N) is 1. The summed E-state index contributed by atoms with van der Waals surface area (Å²) in [5.41, 5.74) is 0. The second kappa shape index (κ2) is 9.83. The molecule has 0 saturated heterocycles. The molecule has 104 valence electrons. The molecular weight excluding hydrogens is 214 g/mol. The second-order valence-electron chi connectivity index (χ2n) is 5.06. The maximum Gasteiger partial charge on any atom is 0.0791 e. The molecule has 0 aliphatic carbocycles. The minimum absolute atomic E-state index is 0.272. The van der Waals surface area contributed by atoms with Crippen LogP contribution in [0.1, 0.15) is 27.2 Å². The van der Waals surface area contributed by atoms with Gasteiger partial charge in [0.05, 0.1) is 6.10 Å². The summed E-state index contributed by atoms with van der Waals surface area (Å²) in [6.07, 6.45) is 0.840. The zero-order chi connectivity index (χ0) is 13.3. The van der Waals surface area contributed by atoms with Crippen LogP contribution in [0.25, 0.3) is 0 Å². The highest BCUT2D eigenvalue weighted by Crippen LogP contribution is 2.01. The zero-order valence-corrected chi connectivity index (χ0v) is 12.2. The Kier molecular flexibility index (Phi) is 9.74. The van der Waals surface area contributed by atoms with Gasteiger partial charge < -0.3 is 15.3 Å². The number of rotatable bonds is 10. The van der Waals surface area contributed by atoms with Gasteiger partial charge in [-0.15, -0.1) is 0 Å². The van der Waals surface area contributed by atoms with Crippen LogP contribution in [0.3, 0.4) is 0 Å². The number of hydrogen-bond donors (Lipinski definition) is 2. The summed E-state index contributed by atoms with van der Waals surface area (Å²) in [6, 6.07) is 0.482. The van der Waals surface area contributed by atoms with E-state index in [1.54, 1.807) is 0 Å². The van der Waals surface area contributed by atoms with Crippen LogP contribution < -0.4 is 5.32 Å². The lowest BCUT2D eigenvalue weighted by Gasteiger charge is -2.31. The Morgan fingerprint density at radius 2 is 1.82 bits per heavy atom. The van der Waals surface area contributed by atoms with Crippen molar-refractivity contribution in [3.63, 3.8) is 0 Å². The van der Waals surface area contributed by atoms with Crippen LogP contribution >= 0.6 is 0 Å². The molecule has 0 bridgehead atoms. The summed E-state index contributed by atoms with van der Waals surface area (Å²) < 4.78 is 0. The summed E-state index contributed by atoms with van der Waals surface area (Å²) in [4.78, 5) is 4.52. The van der Waals surface area contributed by atoms with Crippen LogP contribution in [0.5, 0.6) is 0 Å². The van der Waals surface area contributed by atoms with Crippen molar-refractivity contribution in [3.8, 4) is 0 Å². The summed E-state index contributed by atoms with van der Waals surface area (Å²) >= 11 is 0. The lowest BCUT2D eigenvalue weighted by atomic mass is 10.2. The molecule has 0 heterocycles. The van der Waals surface area contributed by atoms with Crippen LogP contribution in [0.15, 0.2) is 0 Å². The van der Waals surface area contributed by atoms with E-state index in [1.807, 2.05) is 0 Å². The van der Waals surface area contributed by atoms with E-state index in [-0.39, 0.29) is 6.10 Å². The van der Waals surface area contributed by atoms with Crippen LogP contribution in [0, 0.1) is 0 Å². The first-order valence-electron chi connectivity index (χ1n) is 6.78. The van der Waals surface area contributed by atoms with Gasteiger partial charge in [0, 0.05) is 25.7 Å². The third-order valence-corrected chi connectivity index (χ3v) is 2.91. The van der Waals surface area contributed by atoms with Crippen LogP contribution in [-0.2, 0) is 0 Å². The number of hydrogen-bond acceptors (Lipinski definition) is 4. The maximum absolute atomic E-state index is 9.94. The van der Waals surface area contributed by atoms with Crippen LogP contribution in [0.2, 0.25) is 0 Å². The molecule has 0 aliphatic heterocycles. The Hall–Kier alpha value is -0.160. The molecule has 4 heteroatoms. The molecule has 0 aliphatic rings. The number of aliphatic hydroxyl groups is 1. The molecule has 2 N–H and O–H groups in total. The maximum atomic E-state index is 9.94. The van der Waals surface area contributed by atoms with Crippen molar-refractivity contribution in [2.45, 2.75) is 39.3 Å². The SMILES string of the molecule is CCCNCC(O)CN(CC)C(C)CN(C)C. The summed E-state index contributed by atoms with van der Waals surface area (Å²) in [5, 5.41) is 13.2. The zero-order valence-electron chi connectivity index (χ0n) is 12.2. The lowest BCUT2D eigenvalue weighted by molar-refractivity contribution is 0.0855. The molecular formula is C13H31N3O. The third-order valence-electron chi connectivity index (χ3n) is 2.91. The molecule has 2 atom stereocenters. The molecule has 17 heavy (non-hydrogen) atoms. The van der Waals surface area contributed by atoms with Gasteiger partial charge in [0.15, 0.2) is 0 Å². The molecule has 0 saturated carbocycles. The Labute approximate surface area is 107 Å². The largest absolute Gasteiger partial charge is 0.390 e. The summed E-state index contributed by atoms with van der Waals surface area (Å²) in [6.45, 7) is 10.9. The van der Waals surface area contributed by atoms with Crippen molar-refractivity contribution in [2.24, 2.45) is 0 Å². The van der Waals surface area contributed by atoms with Gasteiger partial charge in [0.1, 0.15) is 0 Å². The smallest absolute Gasteiger partial charge is 0.0791 e. The molecule has 0 radical (unpaired) electrons. The molecule has 0 amide bonds. The highest BCUT2D eigenvalue weighted by atomic mass is 16.3. The van der Waals surface area contributed by atoms with Gasteiger partial charge in [-0.3, -0.25) is 4.90 Å². The van der Waals surface area contributed by atoms with Crippen molar-refractivity contribution in [1.82, 2.24) is 15.1 Å². The Balaban J connectivity index is 3.93. The Morgan fingerprint density at radius 1 is 1.18 bits per heavy atom. The van der Waals surface area contributed by atoms with Gasteiger partial charge in [-0.25, -0.2) is 0 Å². The molecule has 4 nitrogen and oxygen atoms in total. The molecule has 0 aromatic heterocycles. The van der Waals surface area contributed by atoms with E-state index in [2.05, 4.69) is 50.0 Å². The van der Waals surface area contributed by atoms with Crippen molar-refractivity contribution in [3.05, 3.63) is 0 Å². The van der Waals surface area contributed by atoms with E-state index in [9.17, 15) is 5.11 Å². The van der Waals surface area contributed by atoms with Gasteiger partial charge in [-0.05, 0) is 40.5 Å². The first-order valence-corrected chi connectivity index (χ1v) is 6.78. The van der Waals surface area contributed by atoms with E-state index >= 15 is 0 Å². The minimum atomic E-state index is -0.272. The Bertz CT molecular complexity index is 176. The van der Waals surface area contributed by atoms with Gasteiger partial charge in [0.25, 0.3) is 0 Å². The summed E-state index contributed by atoms with van der Waals surface area (Å²) in [7, 11) is 4.17. The fraction of sp³-hybridized carbons (Fsp3) is 1.00. The highest BCUT2D eigenvalue weighted by Gasteiger charge is 2.16. The molecule has 0 rings (SSSR count). The predicted molar refractivity (Wildman–Crippen MR) is 74.4 cm³/mol. The quantitative estimate of drug-likeness (QED) is 0.554. The topological polar surface area (TPSA) is 38.7 Å². The van der Waals surface area contributed by atoms with Crippen molar-refractivity contribution in [1.29, 1.82) is 0 Å². The second-order valence-corrected chi connectivity index (χ2v) is 5.06. The van der Waals surface area contributed by atoms with Gasteiger partial charge in [0.2, 0.25) is 0 Å². The fourth-order valence-electron chi connectivity index (χ4n) is 2.05. The average Bonchev–Trinajstić information content (AvgIpc) is 2.25. The minimum Gasteiger partial charge on any atom is -0.390 e. The number of nitrogens with zero attached hydrogens (tertiary/aromatic N) is 2. The number of aliphatic hydroxyl groups excluding tert-OH is 1. The van der Waals surface area contributed by atoms with Gasteiger partial charge in [-0.1, -0.05) is 13.8 Å². The molecule has 0 aromatic carbocycles. The number of likely N-dealkylation sites (N-methyl/N-ethyl adjacent to an activating group) is 2. The normalized spacial score (nSPS) is 15.5. The highest BCUT2D eigenvalue weighted by molar-refractivity contribution is 4.73. The average molecular weight is 245 g/mol. The molecule has 0 spiro atoms. The predicted octanol–water partition coefficient (Wildman–Crippen LogP) is 0.619. The van der Waals surface area contributed by atoms with E-state index in [1.165, 1.54) is 0 Å². The van der Waals surface area contributed by atoms with E-state index in [0.717, 1.165) is 32.6 Å². The first kappa shape index (κ1) is 16.8. The molecule has 0 aromatic rings. The lowest BCUT2D eigenvalue weighted by Crippen LogP contribution is -2.45. The van der Waals surface area contributed by atoms with E-state index < -0.39 is 0 Å².